The van der Waals surface area contributed by atoms with Crippen molar-refractivity contribution in [3.05, 3.63) is 53.8 Å². The van der Waals surface area contributed by atoms with E-state index in [9.17, 15) is 0 Å². The van der Waals surface area contributed by atoms with Crippen molar-refractivity contribution in [1.82, 2.24) is 15.0 Å². The van der Waals surface area contributed by atoms with Crippen LogP contribution in [0, 0.1) is 0 Å². The summed E-state index contributed by atoms with van der Waals surface area (Å²) >= 11 is 3.52. The Labute approximate surface area is 146 Å². The summed E-state index contributed by atoms with van der Waals surface area (Å²) in [5.74, 6) is 1.41. The molecule has 0 atom stereocenters. The first-order valence-corrected chi connectivity index (χ1v) is 8.01. The van der Waals surface area contributed by atoms with Gasteiger partial charge in [0, 0.05) is 16.2 Å². The number of rotatable bonds is 4. The van der Waals surface area contributed by atoms with Crippen molar-refractivity contribution in [2.24, 2.45) is 0 Å². The Kier molecular flexibility index (Phi) is 3.70. The third kappa shape index (κ3) is 2.52. The highest BCUT2D eigenvalue weighted by molar-refractivity contribution is 9.10. The summed E-state index contributed by atoms with van der Waals surface area (Å²) in [4.78, 5) is 11.7. The number of hydrogen-bond acceptors (Lipinski definition) is 5. The van der Waals surface area contributed by atoms with Gasteiger partial charge in [0.25, 0.3) is 0 Å². The SMILES string of the molecule is COc1ccc(-c2ccoc2)cc1Nc1ncnc2[nH]cc(Br)c12. The molecule has 0 amide bonds. The molecule has 0 aliphatic rings. The van der Waals surface area contributed by atoms with Crippen LogP contribution in [-0.4, -0.2) is 22.1 Å². The topological polar surface area (TPSA) is 76.0 Å². The standard InChI is InChI=1S/C17H13BrN4O2/c1-23-14-3-2-10(11-4-5-24-8-11)6-13(14)22-17-15-12(18)7-19-16(15)20-9-21-17/h2-9H,1H3,(H2,19,20,21,22). The molecule has 2 N–H and O–H groups in total. The maximum atomic E-state index is 5.46. The van der Waals surface area contributed by atoms with Gasteiger partial charge in [-0.1, -0.05) is 6.07 Å². The number of furan rings is 1. The molecule has 0 aliphatic carbocycles. The molecule has 4 rings (SSSR count). The summed E-state index contributed by atoms with van der Waals surface area (Å²) in [7, 11) is 1.64. The molecule has 24 heavy (non-hydrogen) atoms. The normalized spacial score (nSPS) is 10.9. The molecule has 0 bridgehead atoms. The lowest BCUT2D eigenvalue weighted by Gasteiger charge is -2.12. The Morgan fingerprint density at radius 3 is 2.92 bits per heavy atom. The lowest BCUT2D eigenvalue weighted by Crippen LogP contribution is -1.98. The van der Waals surface area contributed by atoms with Crippen molar-refractivity contribution in [1.29, 1.82) is 0 Å². The smallest absolute Gasteiger partial charge is 0.144 e. The number of hydrogen-bond donors (Lipinski definition) is 2. The molecule has 3 aromatic heterocycles. The number of halogens is 1. The average molecular weight is 385 g/mol. The van der Waals surface area contributed by atoms with Crippen molar-refractivity contribution in [3.63, 3.8) is 0 Å². The van der Waals surface area contributed by atoms with E-state index in [0.29, 0.717) is 5.82 Å². The van der Waals surface area contributed by atoms with Gasteiger partial charge in [0.05, 0.1) is 30.7 Å². The summed E-state index contributed by atoms with van der Waals surface area (Å²) in [5, 5.41) is 4.22. The minimum absolute atomic E-state index is 0.691. The Balaban J connectivity index is 1.80. The molecule has 120 valence electrons. The number of anilines is 2. The fourth-order valence-corrected chi connectivity index (χ4v) is 3.05. The van der Waals surface area contributed by atoms with Gasteiger partial charge in [-0.3, -0.25) is 0 Å². The van der Waals surface area contributed by atoms with Crippen LogP contribution in [-0.2, 0) is 0 Å². The second kappa shape index (κ2) is 6.01. The van der Waals surface area contributed by atoms with Crippen LogP contribution in [0.1, 0.15) is 0 Å². The first kappa shape index (κ1) is 14.8. The van der Waals surface area contributed by atoms with Gasteiger partial charge in [0.1, 0.15) is 23.5 Å². The van der Waals surface area contributed by atoms with Gasteiger partial charge >= 0.3 is 0 Å². The summed E-state index contributed by atoms with van der Waals surface area (Å²) in [6.07, 6.45) is 6.71. The van der Waals surface area contributed by atoms with Crippen molar-refractivity contribution in [2.45, 2.75) is 0 Å². The van der Waals surface area contributed by atoms with E-state index in [1.54, 1.807) is 19.6 Å². The van der Waals surface area contributed by atoms with E-state index in [4.69, 9.17) is 9.15 Å². The molecule has 0 spiro atoms. The third-order valence-corrected chi connectivity index (χ3v) is 4.35. The van der Waals surface area contributed by atoms with Crippen LogP contribution in [0.3, 0.4) is 0 Å². The Bertz CT molecular complexity index is 995. The maximum absolute atomic E-state index is 5.46. The summed E-state index contributed by atoms with van der Waals surface area (Å²) in [6.45, 7) is 0. The zero-order valence-electron chi connectivity index (χ0n) is 12.7. The molecule has 7 heteroatoms. The molecule has 0 aliphatic heterocycles. The third-order valence-electron chi connectivity index (χ3n) is 3.73. The Hall–Kier alpha value is -2.80. The lowest BCUT2D eigenvalue weighted by atomic mass is 10.1. The van der Waals surface area contributed by atoms with Crippen LogP contribution in [0.25, 0.3) is 22.2 Å². The Morgan fingerprint density at radius 1 is 1.21 bits per heavy atom. The van der Waals surface area contributed by atoms with E-state index in [0.717, 1.165) is 38.1 Å². The highest BCUT2D eigenvalue weighted by Gasteiger charge is 2.13. The highest BCUT2D eigenvalue weighted by atomic mass is 79.9. The second-order valence-corrected chi connectivity index (χ2v) is 5.99. The van der Waals surface area contributed by atoms with Crippen molar-refractivity contribution >= 4 is 38.5 Å². The van der Waals surface area contributed by atoms with Crippen molar-refractivity contribution in [3.8, 4) is 16.9 Å². The van der Waals surface area contributed by atoms with E-state index in [1.165, 1.54) is 6.33 Å². The molecule has 4 aromatic rings. The van der Waals surface area contributed by atoms with Gasteiger partial charge in [0.15, 0.2) is 0 Å². The summed E-state index contributed by atoms with van der Waals surface area (Å²) < 4.78 is 11.5. The predicted octanol–water partition coefficient (Wildman–Crippen LogP) is 4.73. The number of aromatic nitrogens is 3. The van der Waals surface area contributed by atoms with Crippen LogP contribution in [0.2, 0.25) is 0 Å². The van der Waals surface area contributed by atoms with E-state index >= 15 is 0 Å². The molecular formula is C17H13BrN4O2. The lowest BCUT2D eigenvalue weighted by molar-refractivity contribution is 0.417. The molecule has 0 saturated carbocycles. The minimum Gasteiger partial charge on any atom is -0.495 e. The average Bonchev–Trinajstić information content (AvgIpc) is 3.26. The van der Waals surface area contributed by atoms with E-state index in [1.807, 2.05) is 30.5 Å². The number of methoxy groups -OCH3 is 1. The minimum atomic E-state index is 0.691. The molecular weight excluding hydrogens is 372 g/mol. The maximum Gasteiger partial charge on any atom is 0.144 e. The van der Waals surface area contributed by atoms with Crippen LogP contribution >= 0.6 is 15.9 Å². The largest absolute Gasteiger partial charge is 0.495 e. The quantitative estimate of drug-likeness (QED) is 0.531. The molecule has 1 aromatic carbocycles. The number of nitrogens with one attached hydrogen (secondary N) is 2. The van der Waals surface area contributed by atoms with Crippen LogP contribution < -0.4 is 10.1 Å². The van der Waals surface area contributed by atoms with Gasteiger partial charge in [-0.25, -0.2) is 9.97 Å². The number of nitrogens with zero attached hydrogens (tertiary/aromatic N) is 2. The number of H-pyrrole nitrogens is 1. The summed E-state index contributed by atoms with van der Waals surface area (Å²) in [5.41, 5.74) is 3.58. The highest BCUT2D eigenvalue weighted by Crippen LogP contribution is 2.35. The summed E-state index contributed by atoms with van der Waals surface area (Å²) in [6, 6.07) is 7.81. The van der Waals surface area contributed by atoms with Gasteiger partial charge in [-0.2, -0.15) is 0 Å². The first-order valence-electron chi connectivity index (χ1n) is 7.21. The monoisotopic (exact) mass is 384 g/mol. The predicted molar refractivity (Wildman–Crippen MR) is 95.6 cm³/mol. The fraction of sp³-hybridized carbons (Fsp3) is 0.0588. The van der Waals surface area contributed by atoms with E-state index in [-0.39, 0.29) is 0 Å². The van der Waals surface area contributed by atoms with Gasteiger partial charge in [-0.15, -0.1) is 0 Å². The van der Waals surface area contributed by atoms with E-state index in [2.05, 4.69) is 36.2 Å². The van der Waals surface area contributed by atoms with Gasteiger partial charge in [0.2, 0.25) is 0 Å². The molecule has 3 heterocycles. The number of benzene rings is 1. The van der Waals surface area contributed by atoms with Crippen molar-refractivity contribution < 1.29 is 9.15 Å². The van der Waals surface area contributed by atoms with Crippen LogP contribution in [0.5, 0.6) is 5.75 Å². The Morgan fingerprint density at radius 2 is 2.12 bits per heavy atom. The molecule has 0 radical (unpaired) electrons. The first-order chi connectivity index (χ1) is 11.8. The van der Waals surface area contributed by atoms with Gasteiger partial charge in [-0.05, 0) is 39.7 Å². The molecule has 0 saturated heterocycles. The zero-order valence-corrected chi connectivity index (χ0v) is 14.3. The molecule has 6 nitrogen and oxygen atoms in total. The number of ether oxygens (including phenoxy) is 1. The van der Waals surface area contributed by atoms with Crippen molar-refractivity contribution in [2.75, 3.05) is 12.4 Å². The molecule has 0 fully saturated rings. The van der Waals surface area contributed by atoms with E-state index < -0.39 is 0 Å². The van der Waals surface area contributed by atoms with Gasteiger partial charge < -0.3 is 19.5 Å². The fourth-order valence-electron chi connectivity index (χ4n) is 2.56. The van der Waals surface area contributed by atoms with Crippen LogP contribution in [0.15, 0.2) is 58.2 Å². The number of aromatic amines is 1. The second-order valence-electron chi connectivity index (χ2n) is 5.13. The zero-order chi connectivity index (χ0) is 16.5. The molecule has 0 unspecified atom stereocenters. The van der Waals surface area contributed by atoms with Crippen LogP contribution in [0.4, 0.5) is 11.5 Å². The number of fused-ring (bicyclic) bond motifs is 1.